The number of carbonyl (C=O) groups is 1. The summed E-state index contributed by atoms with van der Waals surface area (Å²) in [6.45, 7) is 2.38. The molecule has 0 unspecified atom stereocenters. The molecule has 9 heteroatoms. The standard InChI is InChI=1S/C20H23N7O2/c28-16(12-27-8-6-14-3-1-2-4-15(14)11-27)10-21-20(29)17-9-19(23-13-22-17)25-18-5-7-24-26-18/h1-5,7,9,13,16,28H,6,8,10-12H2,(H,21,29)(H2,22,23,24,25,26)/t16-/m0/s1. The molecule has 3 heterocycles. The Morgan fingerprint density at radius 1 is 1.24 bits per heavy atom. The number of H-pyrrole nitrogens is 1. The normalized spacial score (nSPS) is 14.8. The number of amides is 1. The number of nitrogens with zero attached hydrogens (tertiary/aromatic N) is 4. The van der Waals surface area contributed by atoms with E-state index in [0.717, 1.165) is 19.5 Å². The highest BCUT2D eigenvalue weighted by Gasteiger charge is 2.19. The Balaban J connectivity index is 1.27. The van der Waals surface area contributed by atoms with Gasteiger partial charge in [-0.15, -0.1) is 0 Å². The van der Waals surface area contributed by atoms with Crippen LogP contribution in [-0.4, -0.2) is 61.8 Å². The third-order valence-corrected chi connectivity index (χ3v) is 4.84. The van der Waals surface area contributed by atoms with E-state index in [-0.39, 0.29) is 18.1 Å². The van der Waals surface area contributed by atoms with Crippen molar-refractivity contribution in [2.45, 2.75) is 19.1 Å². The molecule has 0 saturated heterocycles. The minimum atomic E-state index is -0.659. The van der Waals surface area contributed by atoms with Crippen LogP contribution in [0.4, 0.5) is 11.6 Å². The van der Waals surface area contributed by atoms with Crippen molar-refractivity contribution >= 4 is 17.5 Å². The number of anilines is 2. The van der Waals surface area contributed by atoms with Gasteiger partial charge in [0.05, 0.1) is 12.3 Å². The Hall–Kier alpha value is -3.30. The molecule has 0 bridgehead atoms. The number of aliphatic hydroxyl groups excluding tert-OH is 1. The summed E-state index contributed by atoms with van der Waals surface area (Å²) in [5.74, 6) is 0.776. The second-order valence-electron chi connectivity index (χ2n) is 7.00. The molecule has 9 nitrogen and oxygen atoms in total. The molecule has 1 aliphatic rings. The van der Waals surface area contributed by atoms with Gasteiger partial charge >= 0.3 is 0 Å². The van der Waals surface area contributed by atoms with Crippen molar-refractivity contribution in [1.29, 1.82) is 0 Å². The maximum atomic E-state index is 12.4. The molecular formula is C20H23N7O2. The quantitative estimate of drug-likeness (QED) is 0.474. The Morgan fingerprint density at radius 3 is 2.93 bits per heavy atom. The topological polar surface area (TPSA) is 119 Å². The van der Waals surface area contributed by atoms with E-state index in [1.807, 2.05) is 6.07 Å². The lowest BCUT2D eigenvalue weighted by Gasteiger charge is -2.30. The Labute approximate surface area is 168 Å². The summed E-state index contributed by atoms with van der Waals surface area (Å²) in [5.41, 5.74) is 2.89. The number of rotatable bonds is 7. The molecule has 1 amide bonds. The molecule has 4 rings (SSSR count). The molecule has 1 atom stereocenters. The smallest absolute Gasteiger partial charge is 0.270 e. The van der Waals surface area contributed by atoms with Crippen molar-refractivity contribution < 1.29 is 9.90 Å². The predicted molar refractivity (Wildman–Crippen MR) is 108 cm³/mol. The third-order valence-electron chi connectivity index (χ3n) is 4.84. The van der Waals surface area contributed by atoms with E-state index in [4.69, 9.17) is 0 Å². The van der Waals surface area contributed by atoms with E-state index >= 15 is 0 Å². The van der Waals surface area contributed by atoms with Gasteiger partial charge in [0.1, 0.15) is 23.7 Å². The van der Waals surface area contributed by atoms with Crippen LogP contribution in [0.5, 0.6) is 0 Å². The summed E-state index contributed by atoms with van der Waals surface area (Å²) >= 11 is 0. The van der Waals surface area contributed by atoms with Crippen molar-refractivity contribution in [3.8, 4) is 0 Å². The lowest BCUT2D eigenvalue weighted by molar-refractivity contribution is 0.0838. The number of aliphatic hydroxyl groups is 1. The lowest BCUT2D eigenvalue weighted by atomic mass is 10.00. The Bertz CT molecular complexity index is 961. The SMILES string of the molecule is O=C(NC[C@H](O)CN1CCc2ccccc2C1)c1cc(Nc2ccn[nH]2)ncn1. The van der Waals surface area contributed by atoms with Crippen LogP contribution in [-0.2, 0) is 13.0 Å². The number of hydrogen-bond donors (Lipinski definition) is 4. The summed E-state index contributed by atoms with van der Waals surface area (Å²) in [6.07, 6.45) is 3.24. The largest absolute Gasteiger partial charge is 0.390 e. The van der Waals surface area contributed by atoms with E-state index in [1.54, 1.807) is 18.3 Å². The lowest BCUT2D eigenvalue weighted by Crippen LogP contribution is -2.42. The number of hydrogen-bond acceptors (Lipinski definition) is 7. The summed E-state index contributed by atoms with van der Waals surface area (Å²) in [4.78, 5) is 22.7. The Morgan fingerprint density at radius 2 is 2.10 bits per heavy atom. The average molecular weight is 393 g/mol. The summed E-state index contributed by atoms with van der Waals surface area (Å²) in [5, 5.41) is 22.7. The van der Waals surface area contributed by atoms with Crippen molar-refractivity contribution in [3.05, 3.63) is 65.7 Å². The number of β-amino-alcohol motifs (C(OH)–C–C–N with tert-alkyl or cyclic N) is 1. The van der Waals surface area contributed by atoms with Crippen LogP contribution in [0.3, 0.4) is 0 Å². The van der Waals surface area contributed by atoms with Gasteiger partial charge in [0.25, 0.3) is 5.91 Å². The molecule has 0 aliphatic carbocycles. The monoisotopic (exact) mass is 393 g/mol. The molecule has 0 spiro atoms. The van der Waals surface area contributed by atoms with Crippen molar-refractivity contribution in [2.24, 2.45) is 0 Å². The van der Waals surface area contributed by atoms with Gasteiger partial charge in [-0.3, -0.25) is 14.8 Å². The molecule has 1 aromatic carbocycles. The van der Waals surface area contributed by atoms with Gasteiger partial charge in [-0.2, -0.15) is 5.10 Å². The first-order chi connectivity index (χ1) is 14.2. The molecular weight excluding hydrogens is 370 g/mol. The molecule has 4 N–H and O–H groups in total. The van der Waals surface area contributed by atoms with Crippen molar-refractivity contribution in [1.82, 2.24) is 30.4 Å². The number of aromatic amines is 1. The number of nitrogens with one attached hydrogen (secondary N) is 3. The van der Waals surface area contributed by atoms with Crippen LogP contribution >= 0.6 is 0 Å². The average Bonchev–Trinajstić information content (AvgIpc) is 3.25. The second kappa shape index (κ2) is 8.80. The first kappa shape index (κ1) is 19.0. The molecule has 1 aliphatic heterocycles. The fraction of sp³-hybridized carbons (Fsp3) is 0.300. The van der Waals surface area contributed by atoms with Crippen LogP contribution in [0.1, 0.15) is 21.6 Å². The van der Waals surface area contributed by atoms with E-state index in [9.17, 15) is 9.90 Å². The number of aromatic nitrogens is 4. The summed E-state index contributed by atoms with van der Waals surface area (Å²) in [7, 11) is 0. The minimum absolute atomic E-state index is 0.157. The summed E-state index contributed by atoms with van der Waals surface area (Å²) < 4.78 is 0. The molecule has 3 aromatic rings. The van der Waals surface area contributed by atoms with Crippen LogP contribution in [0.2, 0.25) is 0 Å². The fourth-order valence-electron chi connectivity index (χ4n) is 3.39. The number of fused-ring (bicyclic) bond motifs is 1. The van der Waals surface area contributed by atoms with Crippen LogP contribution < -0.4 is 10.6 Å². The van der Waals surface area contributed by atoms with Crippen LogP contribution in [0.25, 0.3) is 0 Å². The van der Waals surface area contributed by atoms with Crippen LogP contribution in [0.15, 0.2) is 48.9 Å². The highest BCUT2D eigenvalue weighted by Crippen LogP contribution is 2.18. The predicted octanol–water partition coefficient (Wildman–Crippen LogP) is 1.09. The molecule has 150 valence electrons. The molecule has 0 saturated carbocycles. The molecule has 29 heavy (non-hydrogen) atoms. The highest BCUT2D eigenvalue weighted by atomic mass is 16.3. The minimum Gasteiger partial charge on any atom is -0.390 e. The fourth-order valence-corrected chi connectivity index (χ4v) is 3.39. The highest BCUT2D eigenvalue weighted by molar-refractivity contribution is 5.92. The Kier molecular flexibility index (Phi) is 5.78. The zero-order valence-corrected chi connectivity index (χ0v) is 15.9. The van der Waals surface area contributed by atoms with Gasteiger partial charge in [-0.25, -0.2) is 9.97 Å². The van der Waals surface area contributed by atoms with Crippen molar-refractivity contribution in [2.75, 3.05) is 25.0 Å². The second-order valence-corrected chi connectivity index (χ2v) is 7.00. The van der Waals surface area contributed by atoms with Gasteiger partial charge in [-0.05, 0) is 17.5 Å². The number of carbonyl (C=O) groups excluding carboxylic acids is 1. The third kappa shape index (κ3) is 4.95. The van der Waals surface area contributed by atoms with Gasteiger partial charge < -0.3 is 15.7 Å². The zero-order valence-electron chi connectivity index (χ0n) is 15.9. The van der Waals surface area contributed by atoms with Gasteiger partial charge in [0.15, 0.2) is 0 Å². The van der Waals surface area contributed by atoms with E-state index in [0.29, 0.717) is 18.2 Å². The van der Waals surface area contributed by atoms with Crippen molar-refractivity contribution in [3.63, 3.8) is 0 Å². The molecule has 0 fully saturated rings. The zero-order chi connectivity index (χ0) is 20.1. The van der Waals surface area contributed by atoms with E-state index < -0.39 is 6.10 Å². The van der Waals surface area contributed by atoms with E-state index in [1.165, 1.54) is 17.5 Å². The maximum absolute atomic E-state index is 12.4. The van der Waals surface area contributed by atoms with E-state index in [2.05, 4.69) is 53.9 Å². The van der Waals surface area contributed by atoms with Gasteiger partial charge in [-0.1, -0.05) is 24.3 Å². The first-order valence-corrected chi connectivity index (χ1v) is 9.51. The van der Waals surface area contributed by atoms with Gasteiger partial charge in [0.2, 0.25) is 0 Å². The van der Waals surface area contributed by atoms with Gasteiger partial charge in [0, 0.05) is 38.3 Å². The first-order valence-electron chi connectivity index (χ1n) is 9.51. The molecule has 2 aromatic heterocycles. The molecule has 0 radical (unpaired) electrons. The van der Waals surface area contributed by atoms with Crippen LogP contribution in [0, 0.1) is 0 Å². The maximum Gasteiger partial charge on any atom is 0.270 e. The number of benzene rings is 1. The summed E-state index contributed by atoms with van der Waals surface area (Å²) in [6, 6.07) is 11.7.